The van der Waals surface area contributed by atoms with Gasteiger partial charge in [0.2, 0.25) is 0 Å². The van der Waals surface area contributed by atoms with Crippen molar-refractivity contribution in [1.82, 2.24) is 5.32 Å². The minimum absolute atomic E-state index is 0.0447. The van der Waals surface area contributed by atoms with Gasteiger partial charge in [0.25, 0.3) is 0 Å². The van der Waals surface area contributed by atoms with Crippen molar-refractivity contribution in [2.45, 2.75) is 26.3 Å². The molecular weight excluding hydrogens is 126 g/mol. The molecule has 0 aliphatic heterocycles. The Labute approximate surface area is 62.3 Å². The van der Waals surface area contributed by atoms with Gasteiger partial charge in [-0.15, -0.1) is 0 Å². The van der Waals surface area contributed by atoms with Crippen LogP contribution >= 0.6 is 0 Å². The summed E-state index contributed by atoms with van der Waals surface area (Å²) in [6, 6.07) is -0.0447. The zero-order valence-electron chi connectivity index (χ0n) is 6.90. The van der Waals surface area contributed by atoms with Crippen LogP contribution in [-0.4, -0.2) is 18.9 Å². The number of hydrogen-bond acceptors (Lipinski definition) is 2. The van der Waals surface area contributed by atoms with E-state index in [1.54, 1.807) is 7.05 Å². The van der Waals surface area contributed by atoms with Gasteiger partial charge >= 0.3 is 0 Å². The van der Waals surface area contributed by atoms with E-state index in [0.717, 1.165) is 5.57 Å². The molecule has 1 unspecified atom stereocenters. The molecule has 0 aliphatic rings. The van der Waals surface area contributed by atoms with Crippen LogP contribution in [0.4, 0.5) is 0 Å². The first-order valence-corrected chi connectivity index (χ1v) is 3.42. The molecule has 0 heterocycles. The van der Waals surface area contributed by atoms with E-state index in [0.29, 0.717) is 6.42 Å². The van der Waals surface area contributed by atoms with Gasteiger partial charge in [0.1, 0.15) is 0 Å². The van der Waals surface area contributed by atoms with Crippen LogP contribution in [0.15, 0.2) is 12.2 Å². The van der Waals surface area contributed by atoms with E-state index in [1.807, 2.05) is 13.8 Å². The first-order valence-electron chi connectivity index (χ1n) is 3.42. The maximum atomic E-state index is 11.1. The molecule has 0 saturated heterocycles. The normalized spacial score (nSPS) is 12.7. The smallest absolute Gasteiger partial charge is 0.153 e. The lowest BCUT2D eigenvalue weighted by Gasteiger charge is -2.07. The van der Waals surface area contributed by atoms with E-state index in [9.17, 15) is 4.79 Å². The minimum atomic E-state index is -0.0447. The molecule has 0 aliphatic carbocycles. The second-order valence-corrected chi connectivity index (χ2v) is 2.61. The minimum Gasteiger partial charge on any atom is -0.311 e. The zero-order chi connectivity index (χ0) is 8.15. The molecule has 1 atom stereocenters. The standard InChI is InChI=1S/C8H15NO/c1-6(2)5-8(10)7(3)9-4/h7,9H,1,5H2,2-4H3. The van der Waals surface area contributed by atoms with Gasteiger partial charge in [-0.05, 0) is 20.9 Å². The van der Waals surface area contributed by atoms with Crippen molar-refractivity contribution in [1.29, 1.82) is 0 Å². The number of likely N-dealkylation sites (N-methyl/N-ethyl adjacent to an activating group) is 1. The van der Waals surface area contributed by atoms with Gasteiger partial charge in [-0.2, -0.15) is 0 Å². The number of hydrogen-bond donors (Lipinski definition) is 1. The Morgan fingerprint density at radius 3 is 2.50 bits per heavy atom. The molecule has 0 rings (SSSR count). The van der Waals surface area contributed by atoms with E-state index in [1.165, 1.54) is 0 Å². The summed E-state index contributed by atoms with van der Waals surface area (Å²) in [5, 5.41) is 2.88. The topological polar surface area (TPSA) is 29.1 Å². The molecule has 2 nitrogen and oxygen atoms in total. The third kappa shape index (κ3) is 3.41. The highest BCUT2D eigenvalue weighted by atomic mass is 16.1. The van der Waals surface area contributed by atoms with E-state index in [2.05, 4.69) is 11.9 Å². The number of carbonyl (C=O) groups is 1. The number of Topliss-reactive ketones (excluding diaryl/α,β-unsaturated/α-hetero) is 1. The molecule has 0 aromatic heterocycles. The van der Waals surface area contributed by atoms with E-state index in [-0.39, 0.29) is 11.8 Å². The molecule has 0 saturated carbocycles. The summed E-state index contributed by atoms with van der Waals surface area (Å²) in [4.78, 5) is 11.1. The third-order valence-electron chi connectivity index (χ3n) is 1.39. The molecule has 0 aromatic rings. The van der Waals surface area contributed by atoms with E-state index in [4.69, 9.17) is 0 Å². The largest absolute Gasteiger partial charge is 0.311 e. The van der Waals surface area contributed by atoms with Gasteiger partial charge in [0.15, 0.2) is 5.78 Å². The van der Waals surface area contributed by atoms with Crippen molar-refractivity contribution in [3.05, 3.63) is 12.2 Å². The van der Waals surface area contributed by atoms with Crippen LogP contribution in [0.5, 0.6) is 0 Å². The zero-order valence-corrected chi connectivity index (χ0v) is 6.90. The Morgan fingerprint density at radius 2 is 2.20 bits per heavy atom. The molecule has 0 amide bonds. The van der Waals surface area contributed by atoms with Crippen LogP contribution in [0.1, 0.15) is 20.3 Å². The first-order chi connectivity index (χ1) is 4.57. The Balaban J connectivity index is 3.73. The lowest BCUT2D eigenvalue weighted by Crippen LogP contribution is -2.30. The van der Waals surface area contributed by atoms with Crippen LogP contribution in [0, 0.1) is 0 Å². The summed E-state index contributed by atoms with van der Waals surface area (Å²) >= 11 is 0. The molecule has 0 spiro atoms. The summed E-state index contributed by atoms with van der Waals surface area (Å²) in [7, 11) is 1.78. The summed E-state index contributed by atoms with van der Waals surface area (Å²) < 4.78 is 0. The summed E-state index contributed by atoms with van der Waals surface area (Å²) in [6.07, 6.45) is 0.488. The highest BCUT2D eigenvalue weighted by Crippen LogP contribution is 1.99. The van der Waals surface area contributed by atoms with Crippen LogP contribution in [0.3, 0.4) is 0 Å². The van der Waals surface area contributed by atoms with Crippen LogP contribution in [0.2, 0.25) is 0 Å². The maximum Gasteiger partial charge on any atom is 0.153 e. The average Bonchev–Trinajstić information content (AvgIpc) is 1.85. The Hall–Kier alpha value is -0.630. The Kier molecular flexibility index (Phi) is 3.96. The van der Waals surface area contributed by atoms with Gasteiger partial charge in [-0.1, -0.05) is 12.2 Å². The maximum absolute atomic E-state index is 11.1. The quantitative estimate of drug-likeness (QED) is 0.595. The fourth-order valence-electron chi connectivity index (χ4n) is 0.612. The highest BCUT2D eigenvalue weighted by molar-refractivity contribution is 5.85. The van der Waals surface area contributed by atoms with Crippen molar-refractivity contribution < 1.29 is 4.79 Å². The second kappa shape index (κ2) is 4.23. The number of nitrogens with one attached hydrogen (secondary N) is 1. The van der Waals surface area contributed by atoms with Gasteiger partial charge in [0, 0.05) is 6.42 Å². The van der Waals surface area contributed by atoms with Gasteiger partial charge in [-0.3, -0.25) is 4.79 Å². The predicted molar refractivity (Wildman–Crippen MR) is 43.0 cm³/mol. The highest BCUT2D eigenvalue weighted by Gasteiger charge is 2.08. The molecule has 2 heteroatoms. The van der Waals surface area contributed by atoms with Crippen LogP contribution < -0.4 is 5.32 Å². The van der Waals surface area contributed by atoms with Crippen molar-refractivity contribution >= 4 is 5.78 Å². The van der Waals surface area contributed by atoms with Crippen molar-refractivity contribution in [2.75, 3.05) is 7.05 Å². The molecule has 0 fully saturated rings. The molecular formula is C8H15NO. The molecule has 10 heavy (non-hydrogen) atoms. The van der Waals surface area contributed by atoms with Crippen LogP contribution in [0.25, 0.3) is 0 Å². The van der Waals surface area contributed by atoms with Gasteiger partial charge in [-0.25, -0.2) is 0 Å². The molecule has 0 aromatic carbocycles. The number of carbonyl (C=O) groups excluding carboxylic acids is 1. The fourth-order valence-corrected chi connectivity index (χ4v) is 0.612. The van der Waals surface area contributed by atoms with Gasteiger partial charge in [0.05, 0.1) is 6.04 Å². The monoisotopic (exact) mass is 141 g/mol. The van der Waals surface area contributed by atoms with Crippen molar-refractivity contribution in [3.63, 3.8) is 0 Å². The fraction of sp³-hybridized carbons (Fsp3) is 0.625. The average molecular weight is 141 g/mol. The van der Waals surface area contributed by atoms with Gasteiger partial charge < -0.3 is 5.32 Å². The van der Waals surface area contributed by atoms with Crippen LogP contribution in [-0.2, 0) is 4.79 Å². The second-order valence-electron chi connectivity index (χ2n) is 2.61. The molecule has 58 valence electrons. The number of allylic oxidation sites excluding steroid dienone is 1. The first kappa shape index (κ1) is 9.37. The molecule has 1 N–H and O–H groups in total. The lowest BCUT2D eigenvalue weighted by molar-refractivity contribution is -0.119. The molecule has 0 bridgehead atoms. The predicted octanol–water partition coefficient (Wildman–Crippen LogP) is 1.13. The van der Waals surface area contributed by atoms with Crippen molar-refractivity contribution in [3.8, 4) is 0 Å². The number of ketones is 1. The van der Waals surface area contributed by atoms with E-state index < -0.39 is 0 Å². The Morgan fingerprint density at radius 1 is 1.70 bits per heavy atom. The third-order valence-corrected chi connectivity index (χ3v) is 1.39. The van der Waals surface area contributed by atoms with Crippen molar-refractivity contribution in [2.24, 2.45) is 0 Å². The SMILES string of the molecule is C=C(C)CC(=O)C(C)NC. The Bertz CT molecular complexity index is 140. The summed E-state index contributed by atoms with van der Waals surface area (Å²) in [5.41, 5.74) is 0.923. The summed E-state index contributed by atoms with van der Waals surface area (Å²) in [6.45, 7) is 7.38. The number of rotatable bonds is 4. The molecule has 0 radical (unpaired) electrons. The van der Waals surface area contributed by atoms with E-state index >= 15 is 0 Å². The lowest BCUT2D eigenvalue weighted by atomic mass is 10.1. The summed E-state index contributed by atoms with van der Waals surface area (Å²) in [5.74, 6) is 0.204.